The Morgan fingerprint density at radius 3 is 2.45 bits per heavy atom. The Kier molecular flexibility index (Phi) is 4.11. The van der Waals surface area contributed by atoms with Crippen molar-refractivity contribution >= 4 is 5.97 Å². The second kappa shape index (κ2) is 4.34. The molecular weight excluding hydrogens is 142 g/mol. The van der Waals surface area contributed by atoms with E-state index in [2.05, 4.69) is 0 Å². The Morgan fingerprint density at radius 2 is 2.09 bits per heavy atom. The molecule has 0 aromatic rings. The van der Waals surface area contributed by atoms with Gasteiger partial charge < -0.3 is 10.5 Å². The summed E-state index contributed by atoms with van der Waals surface area (Å²) in [5, 5.41) is 0. The molecule has 0 unspecified atom stereocenters. The summed E-state index contributed by atoms with van der Waals surface area (Å²) in [5.41, 5.74) is 5.31. The summed E-state index contributed by atoms with van der Waals surface area (Å²) >= 11 is 0. The van der Waals surface area contributed by atoms with Gasteiger partial charge in [-0.2, -0.15) is 0 Å². The molecule has 0 aliphatic heterocycles. The van der Waals surface area contributed by atoms with E-state index in [0.717, 1.165) is 0 Å². The van der Waals surface area contributed by atoms with Gasteiger partial charge in [-0.15, -0.1) is 0 Å². The van der Waals surface area contributed by atoms with Crippen molar-refractivity contribution in [3.05, 3.63) is 0 Å². The molecular formula is C8H17NO2. The summed E-state index contributed by atoms with van der Waals surface area (Å²) in [7, 11) is 0. The van der Waals surface area contributed by atoms with Crippen molar-refractivity contribution in [1.29, 1.82) is 0 Å². The van der Waals surface area contributed by atoms with E-state index in [4.69, 9.17) is 10.5 Å². The fourth-order valence-corrected chi connectivity index (χ4v) is 0.675. The van der Waals surface area contributed by atoms with Gasteiger partial charge in [0.15, 0.2) is 0 Å². The number of rotatable bonds is 4. The van der Waals surface area contributed by atoms with Crippen LogP contribution in [-0.2, 0) is 9.53 Å². The minimum Gasteiger partial charge on any atom is -0.466 e. The normalized spacial score (nSPS) is 11.3. The molecule has 0 spiro atoms. The maximum atomic E-state index is 10.9. The number of carbonyl (C=O) groups excluding carboxylic acids is 1. The van der Waals surface area contributed by atoms with Crippen LogP contribution in [-0.4, -0.2) is 19.1 Å². The van der Waals surface area contributed by atoms with E-state index in [1.54, 1.807) is 6.92 Å². The molecule has 66 valence electrons. The molecule has 0 heterocycles. The van der Waals surface area contributed by atoms with Gasteiger partial charge in [-0.25, -0.2) is 0 Å². The van der Waals surface area contributed by atoms with Crippen molar-refractivity contribution in [2.75, 3.05) is 13.2 Å². The third kappa shape index (κ3) is 4.79. The Morgan fingerprint density at radius 1 is 1.55 bits per heavy atom. The molecule has 0 aromatic heterocycles. The number of nitrogens with two attached hydrogens (primary N) is 1. The summed E-state index contributed by atoms with van der Waals surface area (Å²) in [5.74, 6) is -0.164. The molecule has 0 saturated carbocycles. The van der Waals surface area contributed by atoms with E-state index < -0.39 is 0 Å². The second-order valence-corrected chi connectivity index (χ2v) is 3.35. The largest absolute Gasteiger partial charge is 0.466 e. The highest BCUT2D eigenvalue weighted by atomic mass is 16.5. The van der Waals surface area contributed by atoms with Crippen molar-refractivity contribution in [2.45, 2.75) is 27.2 Å². The van der Waals surface area contributed by atoms with Crippen LogP contribution in [0.4, 0.5) is 0 Å². The zero-order chi connectivity index (χ0) is 8.91. The highest BCUT2D eigenvalue weighted by Crippen LogP contribution is 2.18. The molecule has 0 aliphatic rings. The molecule has 11 heavy (non-hydrogen) atoms. The lowest BCUT2D eigenvalue weighted by Crippen LogP contribution is -2.27. The molecule has 0 aliphatic carbocycles. The van der Waals surface area contributed by atoms with Gasteiger partial charge in [0.2, 0.25) is 0 Å². The number of hydrogen-bond donors (Lipinski definition) is 1. The van der Waals surface area contributed by atoms with E-state index >= 15 is 0 Å². The van der Waals surface area contributed by atoms with Gasteiger partial charge in [-0.3, -0.25) is 4.79 Å². The molecule has 0 radical (unpaired) electrons. The molecule has 3 heteroatoms. The predicted molar refractivity (Wildman–Crippen MR) is 44.1 cm³/mol. The first-order valence-electron chi connectivity index (χ1n) is 3.87. The first kappa shape index (κ1) is 10.4. The number of ether oxygens (including phenoxy) is 1. The first-order chi connectivity index (χ1) is 5.02. The smallest absolute Gasteiger partial charge is 0.306 e. The summed E-state index contributed by atoms with van der Waals surface area (Å²) in [6.45, 7) is 6.65. The highest BCUT2D eigenvalue weighted by Gasteiger charge is 2.20. The summed E-state index contributed by atoms with van der Waals surface area (Å²) in [6, 6.07) is 0. The third-order valence-electron chi connectivity index (χ3n) is 1.48. The fraction of sp³-hybridized carbons (Fsp3) is 0.875. The van der Waals surface area contributed by atoms with Gasteiger partial charge in [0, 0.05) is 0 Å². The summed E-state index contributed by atoms with van der Waals surface area (Å²) in [6.07, 6.45) is 0.400. The van der Waals surface area contributed by atoms with Gasteiger partial charge in [0.25, 0.3) is 0 Å². The monoisotopic (exact) mass is 159 g/mol. The summed E-state index contributed by atoms with van der Waals surface area (Å²) in [4.78, 5) is 10.9. The van der Waals surface area contributed by atoms with Crippen LogP contribution >= 0.6 is 0 Å². The van der Waals surface area contributed by atoms with Crippen molar-refractivity contribution < 1.29 is 9.53 Å². The zero-order valence-electron chi connectivity index (χ0n) is 7.52. The lowest BCUT2D eigenvalue weighted by atomic mass is 9.90. The molecule has 0 atom stereocenters. The van der Waals surface area contributed by atoms with E-state index in [9.17, 15) is 4.79 Å². The SMILES string of the molecule is CCOC(=O)CC(C)(C)CN. The highest BCUT2D eigenvalue weighted by molar-refractivity contribution is 5.70. The van der Waals surface area contributed by atoms with Crippen LogP contribution in [0.15, 0.2) is 0 Å². The zero-order valence-corrected chi connectivity index (χ0v) is 7.52. The maximum Gasteiger partial charge on any atom is 0.306 e. The molecule has 0 aromatic carbocycles. The maximum absolute atomic E-state index is 10.9. The van der Waals surface area contributed by atoms with Crippen molar-refractivity contribution in [2.24, 2.45) is 11.1 Å². The van der Waals surface area contributed by atoms with Crippen LogP contribution in [0.2, 0.25) is 0 Å². The fourth-order valence-electron chi connectivity index (χ4n) is 0.675. The van der Waals surface area contributed by atoms with Crippen LogP contribution in [0, 0.1) is 5.41 Å². The Balaban J connectivity index is 3.74. The average molecular weight is 159 g/mol. The Bertz CT molecular complexity index is 132. The van der Waals surface area contributed by atoms with Crippen molar-refractivity contribution in [3.63, 3.8) is 0 Å². The lowest BCUT2D eigenvalue weighted by Gasteiger charge is -2.20. The molecule has 0 amide bonds. The molecule has 0 saturated heterocycles. The van der Waals surface area contributed by atoms with Gasteiger partial charge >= 0.3 is 5.97 Å². The van der Waals surface area contributed by atoms with Gasteiger partial charge in [-0.1, -0.05) is 13.8 Å². The van der Waals surface area contributed by atoms with E-state index in [-0.39, 0.29) is 11.4 Å². The Hall–Kier alpha value is -0.570. The third-order valence-corrected chi connectivity index (χ3v) is 1.48. The number of esters is 1. The van der Waals surface area contributed by atoms with E-state index in [0.29, 0.717) is 19.6 Å². The second-order valence-electron chi connectivity index (χ2n) is 3.35. The molecule has 0 rings (SSSR count). The molecule has 2 N–H and O–H groups in total. The van der Waals surface area contributed by atoms with Crippen LogP contribution in [0.3, 0.4) is 0 Å². The minimum atomic E-state index is -0.164. The van der Waals surface area contributed by atoms with Crippen LogP contribution in [0.25, 0.3) is 0 Å². The molecule has 3 nitrogen and oxygen atoms in total. The average Bonchev–Trinajstić information content (AvgIpc) is 1.87. The summed E-state index contributed by atoms with van der Waals surface area (Å²) < 4.78 is 4.79. The van der Waals surface area contributed by atoms with Crippen LogP contribution in [0.5, 0.6) is 0 Å². The molecule has 0 fully saturated rings. The van der Waals surface area contributed by atoms with Gasteiger partial charge in [0.05, 0.1) is 13.0 Å². The number of hydrogen-bond acceptors (Lipinski definition) is 3. The van der Waals surface area contributed by atoms with E-state index in [1.165, 1.54) is 0 Å². The Labute approximate surface area is 67.9 Å². The molecule has 0 bridgehead atoms. The standard InChI is InChI=1S/C8H17NO2/c1-4-11-7(10)5-8(2,3)6-9/h4-6,9H2,1-3H3. The van der Waals surface area contributed by atoms with Gasteiger partial charge in [0.1, 0.15) is 0 Å². The van der Waals surface area contributed by atoms with Crippen molar-refractivity contribution in [1.82, 2.24) is 0 Å². The van der Waals surface area contributed by atoms with Crippen LogP contribution in [0.1, 0.15) is 27.2 Å². The number of carbonyl (C=O) groups is 1. The minimum absolute atomic E-state index is 0.133. The lowest BCUT2D eigenvalue weighted by molar-refractivity contribution is -0.145. The van der Waals surface area contributed by atoms with Crippen molar-refractivity contribution in [3.8, 4) is 0 Å². The van der Waals surface area contributed by atoms with E-state index in [1.807, 2.05) is 13.8 Å². The quantitative estimate of drug-likeness (QED) is 0.621. The predicted octanol–water partition coefficient (Wildman–Crippen LogP) is 0.924. The first-order valence-corrected chi connectivity index (χ1v) is 3.87. The topological polar surface area (TPSA) is 52.3 Å². The van der Waals surface area contributed by atoms with Gasteiger partial charge in [-0.05, 0) is 18.9 Å². The van der Waals surface area contributed by atoms with Crippen LogP contribution < -0.4 is 5.73 Å².